The molecule has 21 heavy (non-hydrogen) atoms. The maximum Gasteiger partial charge on any atom is 0.342 e. The van der Waals surface area contributed by atoms with Crippen LogP contribution in [0.4, 0.5) is 11.5 Å². The molecule has 9 nitrogen and oxygen atoms in total. The number of nitro groups is 1. The van der Waals surface area contributed by atoms with Crippen LogP contribution in [0.15, 0.2) is 12.3 Å². The van der Waals surface area contributed by atoms with Crippen molar-refractivity contribution in [2.75, 3.05) is 18.9 Å². The number of aromatic nitrogens is 1. The third kappa shape index (κ3) is 3.88. The van der Waals surface area contributed by atoms with Crippen LogP contribution in [0.5, 0.6) is 0 Å². The van der Waals surface area contributed by atoms with Crippen molar-refractivity contribution in [2.24, 2.45) is 0 Å². The van der Waals surface area contributed by atoms with Crippen LogP contribution in [-0.4, -0.2) is 51.4 Å². The second-order valence-corrected chi connectivity index (χ2v) is 4.37. The SMILES string of the molecule is CCN(C)C(=O)C(C)Nc1cc(C(=O)O)c([N+](=O)[O-])cn1. The molecule has 0 fully saturated rings. The predicted molar refractivity (Wildman–Crippen MR) is 74.2 cm³/mol. The molecule has 0 bridgehead atoms. The smallest absolute Gasteiger partial charge is 0.342 e. The van der Waals surface area contributed by atoms with E-state index in [-0.39, 0.29) is 11.7 Å². The average molecular weight is 296 g/mol. The fourth-order valence-electron chi connectivity index (χ4n) is 1.61. The Bertz CT molecular complexity index is 575. The van der Waals surface area contributed by atoms with Crippen molar-refractivity contribution in [3.63, 3.8) is 0 Å². The monoisotopic (exact) mass is 296 g/mol. The average Bonchev–Trinajstić information content (AvgIpc) is 2.44. The molecule has 1 atom stereocenters. The first-order valence-corrected chi connectivity index (χ1v) is 6.17. The topological polar surface area (TPSA) is 126 Å². The highest BCUT2D eigenvalue weighted by atomic mass is 16.6. The van der Waals surface area contributed by atoms with Gasteiger partial charge < -0.3 is 15.3 Å². The number of aromatic carboxylic acids is 1. The van der Waals surface area contributed by atoms with Crippen molar-refractivity contribution in [3.8, 4) is 0 Å². The van der Waals surface area contributed by atoms with Crippen molar-refractivity contribution in [1.29, 1.82) is 0 Å². The first kappa shape index (κ1) is 16.3. The Balaban J connectivity index is 3.00. The van der Waals surface area contributed by atoms with Gasteiger partial charge in [-0.25, -0.2) is 9.78 Å². The van der Waals surface area contributed by atoms with Gasteiger partial charge in [0.05, 0.1) is 4.92 Å². The fraction of sp³-hybridized carbons (Fsp3) is 0.417. The van der Waals surface area contributed by atoms with Gasteiger partial charge in [-0.3, -0.25) is 14.9 Å². The normalized spacial score (nSPS) is 11.6. The molecule has 0 aliphatic carbocycles. The first-order valence-electron chi connectivity index (χ1n) is 6.17. The molecule has 1 amide bonds. The number of anilines is 1. The Hall–Kier alpha value is -2.71. The summed E-state index contributed by atoms with van der Waals surface area (Å²) in [5.74, 6) is -1.55. The molecule has 0 saturated heterocycles. The number of carbonyl (C=O) groups excluding carboxylic acids is 1. The van der Waals surface area contributed by atoms with Crippen molar-refractivity contribution in [3.05, 3.63) is 27.9 Å². The van der Waals surface area contributed by atoms with E-state index in [0.29, 0.717) is 6.54 Å². The lowest BCUT2D eigenvalue weighted by atomic mass is 10.2. The second kappa shape index (κ2) is 6.64. The zero-order valence-electron chi connectivity index (χ0n) is 11.9. The highest BCUT2D eigenvalue weighted by molar-refractivity contribution is 5.93. The lowest BCUT2D eigenvalue weighted by Gasteiger charge is -2.20. The Kier molecular flexibility index (Phi) is 5.17. The van der Waals surface area contributed by atoms with Crippen molar-refractivity contribution in [2.45, 2.75) is 19.9 Å². The number of pyridine rings is 1. The lowest BCUT2D eigenvalue weighted by molar-refractivity contribution is -0.385. The molecule has 0 aliphatic heterocycles. The summed E-state index contributed by atoms with van der Waals surface area (Å²) < 4.78 is 0. The van der Waals surface area contributed by atoms with Crippen LogP contribution >= 0.6 is 0 Å². The first-order chi connectivity index (χ1) is 9.77. The number of hydrogen-bond acceptors (Lipinski definition) is 6. The number of carbonyl (C=O) groups is 2. The minimum atomic E-state index is -1.43. The fourth-order valence-corrected chi connectivity index (χ4v) is 1.61. The molecule has 1 aromatic rings. The van der Waals surface area contributed by atoms with Gasteiger partial charge in [-0.1, -0.05) is 0 Å². The molecule has 1 unspecified atom stereocenters. The maximum atomic E-state index is 11.9. The van der Waals surface area contributed by atoms with Gasteiger partial charge in [0.25, 0.3) is 0 Å². The van der Waals surface area contributed by atoms with Crippen LogP contribution < -0.4 is 5.32 Å². The largest absolute Gasteiger partial charge is 0.477 e. The van der Waals surface area contributed by atoms with Crippen LogP contribution in [0, 0.1) is 10.1 Å². The van der Waals surface area contributed by atoms with E-state index in [1.54, 1.807) is 14.0 Å². The third-order valence-electron chi connectivity index (χ3n) is 2.90. The Morgan fingerprint density at radius 3 is 2.67 bits per heavy atom. The van der Waals surface area contributed by atoms with Gasteiger partial charge in [0.15, 0.2) is 0 Å². The van der Waals surface area contributed by atoms with E-state index >= 15 is 0 Å². The number of hydrogen-bond donors (Lipinski definition) is 2. The zero-order valence-corrected chi connectivity index (χ0v) is 11.9. The van der Waals surface area contributed by atoms with Gasteiger partial charge in [0.1, 0.15) is 23.6 Å². The second-order valence-electron chi connectivity index (χ2n) is 4.37. The number of nitrogens with zero attached hydrogens (tertiary/aromatic N) is 3. The van der Waals surface area contributed by atoms with Crippen molar-refractivity contribution >= 4 is 23.4 Å². The molecule has 0 aromatic carbocycles. The molecule has 0 radical (unpaired) electrons. The number of likely N-dealkylation sites (N-methyl/N-ethyl adjacent to an activating group) is 1. The number of carboxylic acids is 1. The Morgan fingerprint density at radius 1 is 1.57 bits per heavy atom. The van der Waals surface area contributed by atoms with Crippen molar-refractivity contribution < 1.29 is 19.6 Å². The summed E-state index contributed by atoms with van der Waals surface area (Å²) >= 11 is 0. The lowest BCUT2D eigenvalue weighted by Crippen LogP contribution is -2.39. The van der Waals surface area contributed by atoms with Crippen LogP contribution in [0.2, 0.25) is 0 Å². The van der Waals surface area contributed by atoms with E-state index in [1.807, 2.05) is 6.92 Å². The summed E-state index contributed by atoms with van der Waals surface area (Å²) in [6.07, 6.45) is 0.854. The number of amides is 1. The molecule has 114 valence electrons. The summed E-state index contributed by atoms with van der Waals surface area (Å²) in [5.41, 5.74) is -1.08. The van der Waals surface area contributed by atoms with E-state index in [9.17, 15) is 19.7 Å². The van der Waals surface area contributed by atoms with Crippen molar-refractivity contribution in [1.82, 2.24) is 9.88 Å². The molecule has 0 saturated carbocycles. The van der Waals surface area contributed by atoms with E-state index < -0.39 is 28.2 Å². The van der Waals surface area contributed by atoms with Gasteiger partial charge >= 0.3 is 11.7 Å². The number of carboxylic acid groups (broad SMARTS) is 1. The molecule has 0 aliphatic rings. The molecular formula is C12H16N4O5. The van der Waals surface area contributed by atoms with Gasteiger partial charge in [-0.05, 0) is 13.8 Å². The molecule has 0 spiro atoms. The van der Waals surface area contributed by atoms with E-state index in [4.69, 9.17) is 5.11 Å². The standard InChI is InChI=1S/C12H16N4O5/c1-4-15(3)11(17)7(2)14-10-5-8(12(18)19)9(6-13-10)16(20)21/h5-7H,4H2,1-3H3,(H,13,14)(H,18,19). The molecular weight excluding hydrogens is 280 g/mol. The molecule has 9 heteroatoms. The van der Waals surface area contributed by atoms with Gasteiger partial charge in [0, 0.05) is 19.7 Å². The van der Waals surface area contributed by atoms with Crippen LogP contribution in [-0.2, 0) is 4.79 Å². The minimum absolute atomic E-state index is 0.0864. The third-order valence-corrected chi connectivity index (χ3v) is 2.90. The highest BCUT2D eigenvalue weighted by Crippen LogP contribution is 2.20. The summed E-state index contributed by atoms with van der Waals surface area (Å²) in [6.45, 7) is 3.94. The summed E-state index contributed by atoms with van der Waals surface area (Å²) in [7, 11) is 1.63. The highest BCUT2D eigenvalue weighted by Gasteiger charge is 2.23. The van der Waals surface area contributed by atoms with E-state index in [2.05, 4.69) is 10.3 Å². The maximum absolute atomic E-state index is 11.9. The summed E-state index contributed by atoms with van der Waals surface area (Å²) in [6, 6.07) is 0.404. The molecule has 1 heterocycles. The van der Waals surface area contributed by atoms with Gasteiger partial charge in [0.2, 0.25) is 5.91 Å². The summed E-state index contributed by atoms with van der Waals surface area (Å²) in [4.78, 5) is 38.0. The Labute approximate surface area is 120 Å². The zero-order chi connectivity index (χ0) is 16.2. The quantitative estimate of drug-likeness (QED) is 0.591. The van der Waals surface area contributed by atoms with Gasteiger partial charge in [-0.2, -0.15) is 0 Å². The number of rotatable bonds is 6. The van der Waals surface area contributed by atoms with Gasteiger partial charge in [-0.15, -0.1) is 0 Å². The molecule has 1 aromatic heterocycles. The Morgan fingerprint density at radius 2 is 2.19 bits per heavy atom. The predicted octanol–water partition coefficient (Wildman–Crippen LogP) is 0.967. The van der Waals surface area contributed by atoms with Crippen LogP contribution in [0.3, 0.4) is 0 Å². The van der Waals surface area contributed by atoms with E-state index in [1.165, 1.54) is 4.90 Å². The van der Waals surface area contributed by atoms with E-state index in [0.717, 1.165) is 12.3 Å². The summed E-state index contributed by atoms with van der Waals surface area (Å²) in [5, 5.41) is 22.4. The van der Waals surface area contributed by atoms with Crippen LogP contribution in [0.25, 0.3) is 0 Å². The van der Waals surface area contributed by atoms with Crippen LogP contribution in [0.1, 0.15) is 24.2 Å². The molecule has 2 N–H and O–H groups in total. The number of nitrogens with one attached hydrogen (secondary N) is 1. The molecule has 1 rings (SSSR count). The minimum Gasteiger partial charge on any atom is -0.477 e.